The molecule has 0 aliphatic rings. The summed E-state index contributed by atoms with van der Waals surface area (Å²) in [5.41, 5.74) is 1.74. The average molecular weight is 295 g/mol. The largest absolute Gasteiger partial charge is 0.360 e. The predicted octanol–water partition coefficient (Wildman–Crippen LogP) is 1.18. The van der Waals surface area contributed by atoms with Gasteiger partial charge >= 0.3 is 0 Å². The number of aryl methyl sites for hydroxylation is 1. The zero-order chi connectivity index (χ0) is 14.6. The Balaban J connectivity index is 2.05. The van der Waals surface area contributed by atoms with Gasteiger partial charge in [0.15, 0.2) is 5.76 Å². The second-order valence-electron chi connectivity index (χ2n) is 4.43. The quantitative estimate of drug-likeness (QED) is 0.836. The first kappa shape index (κ1) is 14.7. The molecule has 0 aliphatic carbocycles. The van der Waals surface area contributed by atoms with Crippen molar-refractivity contribution in [1.82, 2.24) is 15.2 Å². The van der Waals surface area contributed by atoms with Crippen molar-refractivity contribution >= 4 is 10.0 Å². The Labute approximate surface area is 118 Å². The average Bonchev–Trinajstić information content (AvgIpc) is 2.84. The van der Waals surface area contributed by atoms with Gasteiger partial charge in [0.1, 0.15) is 0 Å². The third-order valence-electron chi connectivity index (χ3n) is 2.73. The van der Waals surface area contributed by atoms with Gasteiger partial charge in [0, 0.05) is 12.6 Å². The van der Waals surface area contributed by atoms with E-state index < -0.39 is 10.0 Å². The first-order valence-electron chi connectivity index (χ1n) is 6.16. The van der Waals surface area contributed by atoms with Crippen LogP contribution in [-0.4, -0.2) is 20.6 Å². The Morgan fingerprint density at radius 2 is 1.90 bits per heavy atom. The molecule has 1 aromatic carbocycles. The van der Waals surface area contributed by atoms with Crippen molar-refractivity contribution in [1.29, 1.82) is 0 Å². The maximum absolute atomic E-state index is 12.1. The van der Waals surface area contributed by atoms with Gasteiger partial charge in [-0.25, -0.2) is 13.1 Å². The molecule has 2 N–H and O–H groups in total. The molecule has 1 aromatic heterocycles. The molecule has 0 amide bonds. The van der Waals surface area contributed by atoms with Gasteiger partial charge in [0.25, 0.3) is 0 Å². The summed E-state index contributed by atoms with van der Waals surface area (Å²) >= 11 is 0. The van der Waals surface area contributed by atoms with Gasteiger partial charge in [0.2, 0.25) is 10.0 Å². The highest BCUT2D eigenvalue weighted by Gasteiger charge is 2.14. The van der Waals surface area contributed by atoms with Gasteiger partial charge in [-0.05, 0) is 31.7 Å². The first-order chi connectivity index (χ1) is 9.51. The van der Waals surface area contributed by atoms with Crippen LogP contribution in [-0.2, 0) is 23.1 Å². The van der Waals surface area contributed by atoms with E-state index in [-0.39, 0.29) is 11.4 Å². The van der Waals surface area contributed by atoms with Gasteiger partial charge in [-0.3, -0.25) is 0 Å². The Morgan fingerprint density at radius 3 is 2.45 bits per heavy atom. The lowest BCUT2D eigenvalue weighted by atomic mass is 10.2. The van der Waals surface area contributed by atoms with Gasteiger partial charge in [-0.1, -0.05) is 17.3 Å². The van der Waals surface area contributed by atoms with Crippen molar-refractivity contribution in [2.45, 2.75) is 24.9 Å². The van der Waals surface area contributed by atoms with Gasteiger partial charge in [0.05, 0.1) is 17.1 Å². The van der Waals surface area contributed by atoms with Gasteiger partial charge < -0.3 is 9.84 Å². The third kappa shape index (κ3) is 3.66. The molecule has 0 radical (unpaired) electrons. The van der Waals surface area contributed by atoms with Crippen molar-refractivity contribution < 1.29 is 12.9 Å². The zero-order valence-corrected chi connectivity index (χ0v) is 12.2. The summed E-state index contributed by atoms with van der Waals surface area (Å²) in [4.78, 5) is 0.230. The molecule has 2 rings (SSSR count). The Bertz CT molecular complexity index is 662. The molecule has 6 nitrogen and oxygen atoms in total. The van der Waals surface area contributed by atoms with E-state index in [4.69, 9.17) is 4.52 Å². The third-order valence-corrected chi connectivity index (χ3v) is 4.14. The van der Waals surface area contributed by atoms with E-state index in [0.717, 1.165) is 11.3 Å². The fourth-order valence-electron chi connectivity index (χ4n) is 1.74. The minimum absolute atomic E-state index is 0.0848. The molecular formula is C13H17N3O3S. The smallest absolute Gasteiger partial charge is 0.240 e. The summed E-state index contributed by atoms with van der Waals surface area (Å²) in [6, 6.07) is 8.42. The van der Waals surface area contributed by atoms with E-state index in [0.29, 0.717) is 12.3 Å². The van der Waals surface area contributed by atoms with Crippen LogP contribution >= 0.6 is 0 Å². The Morgan fingerprint density at radius 1 is 1.20 bits per heavy atom. The van der Waals surface area contributed by atoms with Crippen molar-refractivity contribution in [2.24, 2.45) is 0 Å². The molecule has 20 heavy (non-hydrogen) atoms. The monoisotopic (exact) mass is 295 g/mol. The summed E-state index contributed by atoms with van der Waals surface area (Å²) in [5, 5.41) is 6.71. The zero-order valence-electron chi connectivity index (χ0n) is 11.4. The van der Waals surface area contributed by atoms with Crippen molar-refractivity contribution in [2.75, 3.05) is 7.05 Å². The summed E-state index contributed by atoms with van der Waals surface area (Å²) < 4.78 is 31.6. The molecule has 0 bridgehead atoms. The number of sulfonamides is 1. The molecule has 0 spiro atoms. The highest BCUT2D eigenvalue weighted by Crippen LogP contribution is 2.11. The summed E-state index contributed by atoms with van der Waals surface area (Å²) in [5.74, 6) is 0.484. The number of benzene rings is 1. The van der Waals surface area contributed by atoms with Crippen LogP contribution in [0.5, 0.6) is 0 Å². The highest BCUT2D eigenvalue weighted by molar-refractivity contribution is 7.89. The number of nitrogens with zero attached hydrogens (tertiary/aromatic N) is 1. The maximum Gasteiger partial charge on any atom is 0.240 e. The number of hydrogen-bond acceptors (Lipinski definition) is 5. The number of aromatic nitrogens is 1. The van der Waals surface area contributed by atoms with E-state index in [9.17, 15) is 8.42 Å². The van der Waals surface area contributed by atoms with E-state index in [1.165, 1.54) is 0 Å². The van der Waals surface area contributed by atoms with Crippen LogP contribution in [0.15, 0.2) is 39.8 Å². The van der Waals surface area contributed by atoms with Crippen molar-refractivity contribution in [3.63, 3.8) is 0 Å². The lowest BCUT2D eigenvalue weighted by Crippen LogP contribution is -2.23. The van der Waals surface area contributed by atoms with E-state index in [1.54, 1.807) is 37.3 Å². The lowest BCUT2D eigenvalue weighted by molar-refractivity contribution is 0.377. The summed E-state index contributed by atoms with van der Waals surface area (Å²) in [6.07, 6.45) is 0. The van der Waals surface area contributed by atoms with E-state index in [2.05, 4.69) is 15.2 Å². The number of rotatable bonds is 6. The fourth-order valence-corrected chi connectivity index (χ4v) is 2.73. The molecule has 0 fully saturated rings. The Hall–Kier alpha value is -1.70. The van der Waals surface area contributed by atoms with Crippen LogP contribution in [0.1, 0.15) is 17.0 Å². The normalized spacial score (nSPS) is 11.7. The predicted molar refractivity (Wildman–Crippen MR) is 74.5 cm³/mol. The topological polar surface area (TPSA) is 84.2 Å². The van der Waals surface area contributed by atoms with Crippen LogP contribution in [0.4, 0.5) is 0 Å². The first-order valence-corrected chi connectivity index (χ1v) is 7.65. The van der Waals surface area contributed by atoms with Crippen LogP contribution in [0.3, 0.4) is 0 Å². The molecule has 7 heteroatoms. The molecule has 2 aromatic rings. The minimum Gasteiger partial charge on any atom is -0.360 e. The molecule has 0 saturated carbocycles. The van der Waals surface area contributed by atoms with Crippen molar-refractivity contribution in [3.05, 3.63) is 47.3 Å². The van der Waals surface area contributed by atoms with E-state index >= 15 is 0 Å². The summed E-state index contributed by atoms with van der Waals surface area (Å²) in [7, 11) is -1.70. The van der Waals surface area contributed by atoms with Crippen LogP contribution < -0.4 is 10.0 Å². The summed E-state index contributed by atoms with van der Waals surface area (Å²) in [6.45, 7) is 2.56. The minimum atomic E-state index is -3.54. The SMILES string of the molecule is CNCc1ccc(S(=O)(=O)NCc2cc(C)no2)cc1. The second-order valence-corrected chi connectivity index (χ2v) is 6.20. The number of hydrogen-bond donors (Lipinski definition) is 2. The van der Waals surface area contributed by atoms with Crippen LogP contribution in [0, 0.1) is 6.92 Å². The molecule has 108 valence electrons. The molecule has 0 aliphatic heterocycles. The van der Waals surface area contributed by atoms with Gasteiger partial charge in [-0.2, -0.15) is 0 Å². The molecular weight excluding hydrogens is 278 g/mol. The van der Waals surface area contributed by atoms with Gasteiger partial charge in [-0.15, -0.1) is 0 Å². The molecule has 0 saturated heterocycles. The lowest BCUT2D eigenvalue weighted by Gasteiger charge is -2.06. The van der Waals surface area contributed by atoms with E-state index in [1.807, 2.05) is 7.05 Å². The maximum atomic E-state index is 12.1. The van der Waals surface area contributed by atoms with Crippen molar-refractivity contribution in [3.8, 4) is 0 Å². The molecule has 1 heterocycles. The van der Waals surface area contributed by atoms with Crippen LogP contribution in [0.2, 0.25) is 0 Å². The molecule has 0 atom stereocenters. The van der Waals surface area contributed by atoms with Crippen LogP contribution in [0.25, 0.3) is 0 Å². The second kappa shape index (κ2) is 6.17. The number of nitrogens with one attached hydrogen (secondary N) is 2. The standard InChI is InChI=1S/C13H17N3O3S/c1-10-7-12(19-16-10)9-15-20(17,18)13-5-3-11(4-6-13)8-14-2/h3-7,14-15H,8-9H2,1-2H3. The Kier molecular flexibility index (Phi) is 4.53. The fraction of sp³-hybridized carbons (Fsp3) is 0.308. The highest BCUT2D eigenvalue weighted by atomic mass is 32.2. The molecule has 0 unspecified atom stereocenters.